The number of carbonyl (C=O) groups is 1. The molecule has 0 unspecified atom stereocenters. The fourth-order valence-electron chi connectivity index (χ4n) is 0.361. The van der Waals surface area contributed by atoms with Gasteiger partial charge >= 0.3 is 0 Å². The molecule has 1 fully saturated rings. The van der Waals surface area contributed by atoms with Crippen LogP contribution >= 0.6 is 23.5 Å². The summed E-state index contributed by atoms with van der Waals surface area (Å²) in [6.07, 6.45) is 1.77. The molecule has 5 heteroatoms. The van der Waals surface area contributed by atoms with E-state index in [1.54, 1.807) is 13.2 Å². The van der Waals surface area contributed by atoms with Gasteiger partial charge in [0.15, 0.2) is 5.12 Å². The largest absolute Gasteiger partial charge is 0.333 e. The first-order valence-corrected chi connectivity index (χ1v) is 7.06. The molecule has 1 rings (SSSR count). The molecule has 0 aliphatic carbocycles. The minimum atomic E-state index is 0.171. The van der Waals surface area contributed by atoms with Crippen molar-refractivity contribution in [2.45, 2.75) is 20.8 Å². The van der Waals surface area contributed by atoms with Crippen molar-refractivity contribution in [1.29, 1.82) is 0 Å². The molecule has 1 aliphatic heterocycles. The van der Waals surface area contributed by atoms with E-state index in [-0.39, 0.29) is 5.12 Å². The van der Waals surface area contributed by atoms with Crippen LogP contribution in [-0.2, 0) is 4.79 Å². The van der Waals surface area contributed by atoms with Gasteiger partial charge < -0.3 is 11.1 Å². The predicted molar refractivity (Wildman–Crippen MR) is 71.0 cm³/mol. The Morgan fingerprint density at radius 3 is 1.93 bits per heavy atom. The SMILES string of the molecule is C1CSCN1.CC.CN.CSC(C)=O. The minimum Gasteiger partial charge on any atom is -0.333 e. The quantitative estimate of drug-likeness (QED) is 0.676. The van der Waals surface area contributed by atoms with Crippen LogP contribution in [0.25, 0.3) is 0 Å². The summed E-state index contributed by atoms with van der Waals surface area (Å²) in [4.78, 5) is 9.78. The molecular formula is C9H24N2OS2. The Kier molecular flexibility index (Phi) is 32.9. The minimum absolute atomic E-state index is 0.171. The van der Waals surface area contributed by atoms with Crippen molar-refractivity contribution in [3.05, 3.63) is 0 Å². The number of nitrogens with two attached hydrogens (primary N) is 1. The van der Waals surface area contributed by atoms with Crippen molar-refractivity contribution in [2.24, 2.45) is 5.73 Å². The summed E-state index contributed by atoms with van der Waals surface area (Å²) in [5.41, 5.74) is 4.50. The Balaban J connectivity index is -0.000000128. The van der Waals surface area contributed by atoms with Crippen LogP contribution in [0.2, 0.25) is 0 Å². The van der Waals surface area contributed by atoms with Gasteiger partial charge in [-0.15, -0.1) is 11.8 Å². The molecule has 1 aliphatic rings. The lowest BCUT2D eigenvalue weighted by Crippen LogP contribution is -2.04. The summed E-state index contributed by atoms with van der Waals surface area (Å²) in [6, 6.07) is 0. The molecule has 3 N–H and O–H groups in total. The van der Waals surface area contributed by atoms with Crippen LogP contribution in [0.15, 0.2) is 0 Å². The highest BCUT2D eigenvalue weighted by Gasteiger charge is 1.93. The van der Waals surface area contributed by atoms with E-state index >= 15 is 0 Å². The molecule has 1 heterocycles. The third-order valence-corrected chi connectivity index (χ3v) is 2.39. The highest BCUT2D eigenvalue weighted by atomic mass is 32.2. The van der Waals surface area contributed by atoms with E-state index in [1.807, 2.05) is 25.6 Å². The zero-order valence-corrected chi connectivity index (χ0v) is 11.6. The zero-order chi connectivity index (χ0) is 11.8. The van der Waals surface area contributed by atoms with Gasteiger partial charge in [0.05, 0.1) is 0 Å². The Morgan fingerprint density at radius 2 is 1.86 bits per heavy atom. The van der Waals surface area contributed by atoms with Crippen LogP contribution in [0, 0.1) is 0 Å². The topological polar surface area (TPSA) is 55.1 Å². The molecule has 0 bridgehead atoms. The number of thioether (sulfide) groups is 2. The summed E-state index contributed by atoms with van der Waals surface area (Å²) >= 11 is 3.20. The third kappa shape index (κ3) is 29.5. The van der Waals surface area contributed by atoms with Crippen LogP contribution in [0.3, 0.4) is 0 Å². The number of hydrogen-bond acceptors (Lipinski definition) is 5. The van der Waals surface area contributed by atoms with Crippen molar-refractivity contribution in [3.63, 3.8) is 0 Å². The fraction of sp³-hybridized carbons (Fsp3) is 0.889. The van der Waals surface area contributed by atoms with Crippen LogP contribution in [-0.4, -0.2) is 36.6 Å². The second kappa shape index (κ2) is 23.3. The molecule has 0 aromatic heterocycles. The lowest BCUT2D eigenvalue weighted by atomic mass is 10.8. The summed E-state index contributed by atoms with van der Waals surface area (Å²) in [5.74, 6) is 2.47. The van der Waals surface area contributed by atoms with Crippen molar-refractivity contribution >= 4 is 28.6 Å². The van der Waals surface area contributed by atoms with Gasteiger partial charge in [-0.05, 0) is 13.3 Å². The zero-order valence-electron chi connectivity index (χ0n) is 9.92. The van der Waals surface area contributed by atoms with E-state index < -0.39 is 0 Å². The molecule has 0 atom stereocenters. The highest BCUT2D eigenvalue weighted by molar-refractivity contribution is 8.12. The Hall–Kier alpha value is 0.290. The Labute approximate surface area is 97.0 Å². The molecule has 0 radical (unpaired) electrons. The standard InChI is InChI=1S/C3H7NS.C3H6OS.C2H6.CH5N/c1-2-5-3-4-1;1-3(4)5-2;2*1-2/h4H,1-3H2;1-2H3;1-2H3;2H2,1H3. The smallest absolute Gasteiger partial charge is 0.185 e. The highest BCUT2D eigenvalue weighted by Crippen LogP contribution is 1.99. The number of rotatable bonds is 0. The molecular weight excluding hydrogens is 216 g/mol. The summed E-state index contributed by atoms with van der Waals surface area (Å²) in [6.45, 7) is 6.76. The Bertz CT molecular complexity index is 91.2. The lowest BCUT2D eigenvalue weighted by molar-refractivity contribution is -0.109. The van der Waals surface area contributed by atoms with Gasteiger partial charge in [0.2, 0.25) is 0 Å². The first-order valence-electron chi connectivity index (χ1n) is 4.68. The van der Waals surface area contributed by atoms with Gasteiger partial charge in [-0.1, -0.05) is 25.6 Å². The number of hydrogen-bond donors (Lipinski definition) is 2. The van der Waals surface area contributed by atoms with E-state index in [0.717, 1.165) is 0 Å². The van der Waals surface area contributed by atoms with Crippen LogP contribution < -0.4 is 11.1 Å². The Morgan fingerprint density at radius 1 is 1.43 bits per heavy atom. The second-order valence-electron chi connectivity index (χ2n) is 1.75. The summed E-state index contributed by atoms with van der Waals surface area (Å²) in [5, 5.41) is 3.36. The van der Waals surface area contributed by atoms with Gasteiger partial charge in [-0.3, -0.25) is 4.79 Å². The monoisotopic (exact) mass is 240 g/mol. The van der Waals surface area contributed by atoms with Crippen molar-refractivity contribution < 1.29 is 4.79 Å². The predicted octanol–water partition coefficient (Wildman–Crippen LogP) is 1.78. The van der Waals surface area contributed by atoms with Crippen LogP contribution in [0.5, 0.6) is 0 Å². The average molecular weight is 240 g/mol. The normalized spacial score (nSPS) is 12.1. The molecule has 0 aromatic carbocycles. The van der Waals surface area contributed by atoms with Crippen LogP contribution in [0.4, 0.5) is 0 Å². The molecule has 3 nitrogen and oxygen atoms in total. The second-order valence-corrected chi connectivity index (χ2v) is 3.84. The fourth-order valence-corrected chi connectivity index (χ4v) is 1.08. The first-order chi connectivity index (χ1) is 6.77. The van der Waals surface area contributed by atoms with Crippen molar-refractivity contribution in [2.75, 3.05) is 31.5 Å². The maximum absolute atomic E-state index is 9.78. The molecule has 88 valence electrons. The molecule has 0 saturated carbocycles. The molecule has 14 heavy (non-hydrogen) atoms. The van der Waals surface area contributed by atoms with Gasteiger partial charge in [-0.25, -0.2) is 0 Å². The van der Waals surface area contributed by atoms with E-state index in [0.29, 0.717) is 0 Å². The maximum atomic E-state index is 9.78. The number of nitrogens with one attached hydrogen (secondary N) is 1. The lowest BCUT2D eigenvalue weighted by Gasteiger charge is -1.74. The average Bonchev–Trinajstić information content (AvgIpc) is 2.82. The molecule has 1 saturated heterocycles. The van der Waals surface area contributed by atoms with Gasteiger partial charge in [0, 0.05) is 25.1 Å². The number of carbonyl (C=O) groups excluding carboxylic acids is 1. The summed E-state index contributed by atoms with van der Waals surface area (Å²) < 4.78 is 0. The van der Waals surface area contributed by atoms with Crippen molar-refractivity contribution in [1.82, 2.24) is 5.32 Å². The molecule has 0 amide bonds. The van der Waals surface area contributed by atoms with Gasteiger partial charge in [0.1, 0.15) is 0 Å². The van der Waals surface area contributed by atoms with E-state index in [1.165, 1.54) is 37.0 Å². The van der Waals surface area contributed by atoms with Gasteiger partial charge in [0.25, 0.3) is 0 Å². The first kappa shape index (κ1) is 19.8. The summed E-state index contributed by atoms with van der Waals surface area (Å²) in [7, 11) is 1.50. The van der Waals surface area contributed by atoms with Crippen molar-refractivity contribution in [3.8, 4) is 0 Å². The molecule has 0 spiro atoms. The van der Waals surface area contributed by atoms with Crippen LogP contribution in [0.1, 0.15) is 20.8 Å². The third-order valence-electron chi connectivity index (χ3n) is 0.915. The van der Waals surface area contributed by atoms with Gasteiger partial charge in [-0.2, -0.15) is 0 Å². The van der Waals surface area contributed by atoms with E-state index in [9.17, 15) is 4.79 Å². The maximum Gasteiger partial charge on any atom is 0.185 e. The van der Waals surface area contributed by atoms with E-state index in [2.05, 4.69) is 11.1 Å². The molecule has 0 aromatic rings. The van der Waals surface area contributed by atoms with E-state index in [4.69, 9.17) is 0 Å².